The second kappa shape index (κ2) is 5.42. The van der Waals surface area contributed by atoms with E-state index in [1.165, 1.54) is 25.7 Å². The van der Waals surface area contributed by atoms with Gasteiger partial charge >= 0.3 is 0 Å². The van der Waals surface area contributed by atoms with Crippen molar-refractivity contribution in [3.05, 3.63) is 18.5 Å². The highest BCUT2D eigenvalue weighted by Crippen LogP contribution is 2.61. The molecule has 1 heterocycles. The van der Waals surface area contributed by atoms with Gasteiger partial charge in [-0.05, 0) is 87.6 Å². The molecule has 4 saturated carbocycles. The van der Waals surface area contributed by atoms with Gasteiger partial charge in [-0.3, -0.25) is 4.68 Å². The SMILES string of the molecule is CC(NCCCn1cccn1)C12CC3CC(CC(C3)C1)C2. The summed E-state index contributed by atoms with van der Waals surface area (Å²) in [6.45, 7) is 4.62. The molecule has 1 N–H and O–H groups in total. The van der Waals surface area contributed by atoms with E-state index in [2.05, 4.69) is 23.5 Å². The first-order valence-corrected chi connectivity index (χ1v) is 8.94. The largest absolute Gasteiger partial charge is 0.314 e. The van der Waals surface area contributed by atoms with Gasteiger partial charge in [0.15, 0.2) is 0 Å². The number of aromatic nitrogens is 2. The van der Waals surface area contributed by atoms with Crippen molar-refractivity contribution in [3.63, 3.8) is 0 Å². The Morgan fingerprint density at radius 2 is 1.86 bits per heavy atom. The van der Waals surface area contributed by atoms with Crippen LogP contribution in [0.3, 0.4) is 0 Å². The van der Waals surface area contributed by atoms with Gasteiger partial charge in [0.2, 0.25) is 0 Å². The molecule has 116 valence electrons. The standard InChI is InChI=1S/C18H29N3/c1-14(19-4-2-6-21-7-3-5-20-21)18-11-15-8-16(12-18)10-17(9-15)13-18/h3,5,7,14-17,19H,2,4,6,8-13H2,1H3. The van der Waals surface area contributed by atoms with E-state index in [0.717, 1.165) is 30.8 Å². The first-order valence-electron chi connectivity index (χ1n) is 8.94. The van der Waals surface area contributed by atoms with Gasteiger partial charge in [0, 0.05) is 25.0 Å². The molecule has 4 bridgehead atoms. The van der Waals surface area contributed by atoms with Gasteiger partial charge in [0.1, 0.15) is 0 Å². The molecular formula is C18H29N3. The third-order valence-electron chi connectivity index (χ3n) is 6.58. The minimum Gasteiger partial charge on any atom is -0.314 e. The molecule has 1 aromatic rings. The van der Waals surface area contributed by atoms with Crippen LogP contribution in [0.1, 0.15) is 51.9 Å². The molecular weight excluding hydrogens is 258 g/mol. The quantitative estimate of drug-likeness (QED) is 0.812. The highest BCUT2D eigenvalue weighted by Gasteiger charge is 2.52. The zero-order valence-corrected chi connectivity index (χ0v) is 13.3. The number of nitrogens with one attached hydrogen (secondary N) is 1. The van der Waals surface area contributed by atoms with Crippen LogP contribution in [0.4, 0.5) is 0 Å². The monoisotopic (exact) mass is 287 g/mol. The van der Waals surface area contributed by atoms with Crippen LogP contribution in [0.15, 0.2) is 18.5 Å². The molecule has 0 radical (unpaired) electrons. The molecule has 0 aliphatic heterocycles. The van der Waals surface area contributed by atoms with E-state index in [-0.39, 0.29) is 0 Å². The van der Waals surface area contributed by atoms with Gasteiger partial charge in [-0.1, -0.05) is 0 Å². The van der Waals surface area contributed by atoms with Crippen LogP contribution in [0.25, 0.3) is 0 Å². The Morgan fingerprint density at radius 3 is 2.43 bits per heavy atom. The van der Waals surface area contributed by atoms with E-state index in [9.17, 15) is 0 Å². The van der Waals surface area contributed by atoms with Gasteiger partial charge in [-0.25, -0.2) is 0 Å². The number of nitrogens with zero attached hydrogens (tertiary/aromatic N) is 2. The van der Waals surface area contributed by atoms with Gasteiger partial charge in [-0.15, -0.1) is 0 Å². The lowest BCUT2D eigenvalue weighted by Gasteiger charge is -2.59. The zero-order valence-electron chi connectivity index (χ0n) is 13.3. The third-order valence-corrected chi connectivity index (χ3v) is 6.58. The average Bonchev–Trinajstić information content (AvgIpc) is 2.95. The summed E-state index contributed by atoms with van der Waals surface area (Å²) in [6, 6.07) is 2.70. The maximum atomic E-state index is 4.28. The van der Waals surface area contributed by atoms with Crippen molar-refractivity contribution in [3.8, 4) is 0 Å². The molecule has 4 aliphatic carbocycles. The molecule has 4 fully saturated rings. The van der Waals surface area contributed by atoms with Gasteiger partial charge in [0.05, 0.1) is 0 Å². The molecule has 3 heteroatoms. The number of aryl methyl sites for hydroxylation is 1. The lowest BCUT2D eigenvalue weighted by Crippen LogP contribution is -2.55. The summed E-state index contributed by atoms with van der Waals surface area (Å²) in [6.07, 6.45) is 14.3. The fraction of sp³-hybridized carbons (Fsp3) is 0.833. The van der Waals surface area contributed by atoms with E-state index in [0.29, 0.717) is 11.5 Å². The minimum atomic E-state index is 0.639. The minimum absolute atomic E-state index is 0.639. The summed E-state index contributed by atoms with van der Waals surface area (Å²) in [4.78, 5) is 0. The van der Waals surface area contributed by atoms with Crippen LogP contribution in [0.2, 0.25) is 0 Å². The van der Waals surface area contributed by atoms with E-state index >= 15 is 0 Å². The van der Waals surface area contributed by atoms with E-state index in [4.69, 9.17) is 0 Å². The van der Waals surface area contributed by atoms with Crippen LogP contribution < -0.4 is 5.32 Å². The van der Waals surface area contributed by atoms with Crippen LogP contribution in [-0.2, 0) is 6.54 Å². The van der Waals surface area contributed by atoms with Crippen LogP contribution in [0.5, 0.6) is 0 Å². The van der Waals surface area contributed by atoms with E-state index in [1.807, 2.05) is 16.9 Å². The van der Waals surface area contributed by atoms with Crippen molar-refractivity contribution in [2.24, 2.45) is 23.2 Å². The number of hydrogen-bond acceptors (Lipinski definition) is 2. The summed E-state index contributed by atoms with van der Waals surface area (Å²) in [7, 11) is 0. The Morgan fingerprint density at radius 1 is 1.19 bits per heavy atom. The van der Waals surface area contributed by atoms with Crippen molar-refractivity contribution >= 4 is 0 Å². The molecule has 0 amide bonds. The first-order chi connectivity index (χ1) is 10.2. The molecule has 1 atom stereocenters. The average molecular weight is 287 g/mol. The zero-order chi connectivity index (χ0) is 14.3. The number of rotatable bonds is 6. The van der Waals surface area contributed by atoms with Crippen LogP contribution >= 0.6 is 0 Å². The molecule has 1 unspecified atom stereocenters. The van der Waals surface area contributed by atoms with E-state index in [1.54, 1.807) is 19.3 Å². The molecule has 3 nitrogen and oxygen atoms in total. The molecule has 21 heavy (non-hydrogen) atoms. The fourth-order valence-electron chi connectivity index (χ4n) is 5.92. The van der Waals surface area contributed by atoms with Gasteiger partial charge in [0.25, 0.3) is 0 Å². The Bertz CT molecular complexity index is 430. The second-order valence-corrected chi connectivity index (χ2v) is 8.08. The van der Waals surface area contributed by atoms with E-state index < -0.39 is 0 Å². The lowest BCUT2D eigenvalue weighted by atomic mass is 9.48. The normalized spacial score (nSPS) is 38.8. The molecule has 5 rings (SSSR count). The van der Waals surface area contributed by atoms with Crippen LogP contribution in [-0.4, -0.2) is 22.4 Å². The third kappa shape index (κ3) is 2.65. The summed E-state index contributed by atoms with van der Waals surface area (Å²) >= 11 is 0. The van der Waals surface area contributed by atoms with Crippen molar-refractivity contribution in [1.29, 1.82) is 0 Å². The summed E-state index contributed by atoms with van der Waals surface area (Å²) in [5.41, 5.74) is 0.639. The molecule has 0 spiro atoms. The molecule has 1 aromatic heterocycles. The maximum Gasteiger partial charge on any atom is 0.0489 e. The van der Waals surface area contributed by atoms with Crippen molar-refractivity contribution in [2.45, 2.75) is 64.5 Å². The topological polar surface area (TPSA) is 29.9 Å². The Balaban J connectivity index is 1.29. The summed E-state index contributed by atoms with van der Waals surface area (Å²) < 4.78 is 2.04. The first kappa shape index (κ1) is 13.8. The van der Waals surface area contributed by atoms with Crippen LogP contribution in [0, 0.1) is 23.2 Å². The Labute approximate surface area is 128 Å². The highest BCUT2D eigenvalue weighted by molar-refractivity contribution is 5.05. The van der Waals surface area contributed by atoms with Crippen molar-refractivity contribution in [2.75, 3.05) is 6.54 Å². The lowest BCUT2D eigenvalue weighted by molar-refractivity contribution is -0.0703. The molecule has 0 saturated heterocycles. The fourth-order valence-corrected chi connectivity index (χ4v) is 5.92. The highest BCUT2D eigenvalue weighted by atomic mass is 15.3. The predicted octanol–water partition coefficient (Wildman–Crippen LogP) is 3.47. The Hall–Kier alpha value is -0.830. The Kier molecular flexibility index (Phi) is 3.56. The molecule has 0 aromatic carbocycles. The second-order valence-electron chi connectivity index (χ2n) is 8.08. The summed E-state index contributed by atoms with van der Waals surface area (Å²) in [5.74, 6) is 3.18. The number of hydrogen-bond donors (Lipinski definition) is 1. The maximum absolute atomic E-state index is 4.28. The molecule has 4 aliphatic rings. The van der Waals surface area contributed by atoms with Gasteiger partial charge < -0.3 is 5.32 Å². The smallest absolute Gasteiger partial charge is 0.0489 e. The summed E-state index contributed by atoms with van der Waals surface area (Å²) in [5, 5.41) is 8.14. The van der Waals surface area contributed by atoms with Crippen molar-refractivity contribution in [1.82, 2.24) is 15.1 Å². The van der Waals surface area contributed by atoms with Crippen molar-refractivity contribution < 1.29 is 0 Å². The van der Waals surface area contributed by atoms with Gasteiger partial charge in [-0.2, -0.15) is 5.10 Å². The predicted molar refractivity (Wildman–Crippen MR) is 84.9 cm³/mol.